The van der Waals surface area contributed by atoms with Crippen molar-refractivity contribution in [2.24, 2.45) is 5.92 Å². The van der Waals surface area contributed by atoms with E-state index in [9.17, 15) is 9.90 Å². The van der Waals surface area contributed by atoms with Gasteiger partial charge in [-0.1, -0.05) is 34.5 Å². The highest BCUT2D eigenvalue weighted by Crippen LogP contribution is 2.28. The summed E-state index contributed by atoms with van der Waals surface area (Å²) in [5, 5.41) is 17.3. The number of hydrogen-bond acceptors (Lipinski definition) is 6. The number of carbonyl (C=O) groups is 1. The molecule has 0 aliphatic carbocycles. The first-order valence-corrected chi connectivity index (χ1v) is 10.3. The number of phenolic OH excluding ortho intramolecular Hbond substituents is 1. The summed E-state index contributed by atoms with van der Waals surface area (Å²) in [5.74, 6) is 0.758. The number of likely N-dealkylation sites (tertiary alicyclic amines) is 1. The fraction of sp³-hybridized carbons (Fsp3) is 0.318. The number of carbonyl (C=O) groups excluding carboxylic acids is 1. The lowest BCUT2D eigenvalue weighted by Gasteiger charge is -2.31. The summed E-state index contributed by atoms with van der Waals surface area (Å²) in [6, 6.07) is 12.5. The first-order chi connectivity index (χ1) is 14.5. The van der Waals surface area contributed by atoms with Crippen LogP contribution in [0.2, 0.25) is 5.02 Å². The third kappa shape index (κ3) is 4.80. The second-order valence-electron chi connectivity index (χ2n) is 7.61. The summed E-state index contributed by atoms with van der Waals surface area (Å²) in [5.41, 5.74) is 2.38. The molecule has 1 aromatic heterocycles. The highest BCUT2D eigenvalue weighted by Gasteiger charge is 2.27. The molecule has 4 rings (SSSR count). The molecule has 7 nitrogen and oxygen atoms in total. The molecular weight excluding hydrogens is 404 g/mol. The van der Waals surface area contributed by atoms with Crippen LogP contribution < -0.4 is 5.32 Å². The number of aromatic nitrogens is 2. The number of aromatic hydroxyl groups is 1. The van der Waals surface area contributed by atoms with Gasteiger partial charge in [-0.2, -0.15) is 4.98 Å². The quantitative estimate of drug-likeness (QED) is 0.592. The van der Waals surface area contributed by atoms with Crippen molar-refractivity contribution < 1.29 is 14.4 Å². The number of halogens is 1. The lowest BCUT2D eigenvalue weighted by atomic mass is 9.97. The van der Waals surface area contributed by atoms with Gasteiger partial charge in [0.25, 0.3) is 5.89 Å². The van der Waals surface area contributed by atoms with E-state index in [0.29, 0.717) is 35.5 Å². The first-order valence-electron chi connectivity index (χ1n) is 9.89. The van der Waals surface area contributed by atoms with Crippen LogP contribution in [0.15, 0.2) is 47.0 Å². The summed E-state index contributed by atoms with van der Waals surface area (Å²) >= 11 is 5.96. The van der Waals surface area contributed by atoms with Gasteiger partial charge >= 0.3 is 0 Å². The second kappa shape index (κ2) is 8.85. The van der Waals surface area contributed by atoms with Gasteiger partial charge in [-0.25, -0.2) is 0 Å². The molecule has 1 atom stereocenters. The maximum Gasteiger partial charge on any atom is 0.257 e. The number of anilines is 1. The van der Waals surface area contributed by atoms with Crippen molar-refractivity contribution in [1.29, 1.82) is 0 Å². The molecule has 156 valence electrons. The Kier molecular flexibility index (Phi) is 6.01. The van der Waals surface area contributed by atoms with E-state index in [1.165, 1.54) is 11.6 Å². The monoisotopic (exact) mass is 426 g/mol. The third-order valence-electron chi connectivity index (χ3n) is 5.22. The molecule has 1 amide bonds. The van der Waals surface area contributed by atoms with Gasteiger partial charge in [0, 0.05) is 17.1 Å². The molecule has 2 aromatic carbocycles. The van der Waals surface area contributed by atoms with Crippen LogP contribution in [0.5, 0.6) is 5.75 Å². The molecule has 0 spiro atoms. The van der Waals surface area contributed by atoms with Crippen LogP contribution in [-0.4, -0.2) is 39.1 Å². The molecule has 1 saturated heterocycles. The van der Waals surface area contributed by atoms with Gasteiger partial charge in [0.05, 0.1) is 18.2 Å². The highest BCUT2D eigenvalue weighted by molar-refractivity contribution is 6.31. The normalized spacial score (nSPS) is 17.1. The molecule has 0 saturated carbocycles. The van der Waals surface area contributed by atoms with Crippen LogP contribution in [0.1, 0.15) is 24.2 Å². The molecule has 0 bridgehead atoms. The maximum absolute atomic E-state index is 12.7. The molecule has 0 radical (unpaired) electrons. The van der Waals surface area contributed by atoms with Gasteiger partial charge < -0.3 is 14.9 Å². The Morgan fingerprint density at radius 2 is 2.10 bits per heavy atom. The van der Waals surface area contributed by atoms with Gasteiger partial charge in [0.1, 0.15) is 5.75 Å². The van der Waals surface area contributed by atoms with Gasteiger partial charge in [-0.05, 0) is 56.6 Å². The van der Waals surface area contributed by atoms with Gasteiger partial charge in [-0.3, -0.25) is 9.69 Å². The van der Waals surface area contributed by atoms with E-state index in [1.54, 1.807) is 12.1 Å². The lowest BCUT2D eigenvalue weighted by molar-refractivity contribution is -0.121. The zero-order valence-electron chi connectivity index (χ0n) is 16.6. The second-order valence-corrected chi connectivity index (χ2v) is 8.04. The van der Waals surface area contributed by atoms with Gasteiger partial charge in [0.15, 0.2) is 5.82 Å². The number of phenols is 1. The highest BCUT2D eigenvalue weighted by atomic mass is 35.5. The summed E-state index contributed by atoms with van der Waals surface area (Å²) in [6.45, 7) is 3.99. The fourth-order valence-electron chi connectivity index (χ4n) is 3.59. The summed E-state index contributed by atoms with van der Waals surface area (Å²) < 4.78 is 5.40. The van der Waals surface area contributed by atoms with E-state index in [-0.39, 0.29) is 17.6 Å². The van der Waals surface area contributed by atoms with Crippen molar-refractivity contribution in [2.75, 3.05) is 18.4 Å². The Morgan fingerprint density at radius 1 is 1.30 bits per heavy atom. The maximum atomic E-state index is 12.7. The molecule has 3 aromatic rings. The SMILES string of the molecule is Cc1ccc(-c2nc(CN3CCCC(C(=O)Nc4cc(Cl)ccc4O)C3)no2)cc1. The number of amides is 1. The minimum absolute atomic E-state index is 0.00384. The Labute approximate surface area is 179 Å². The smallest absolute Gasteiger partial charge is 0.257 e. The van der Waals surface area contributed by atoms with Crippen molar-refractivity contribution in [3.63, 3.8) is 0 Å². The molecule has 1 aliphatic rings. The Balaban J connectivity index is 1.38. The van der Waals surface area contributed by atoms with Crippen LogP contribution in [0.4, 0.5) is 5.69 Å². The number of rotatable bonds is 5. The zero-order valence-corrected chi connectivity index (χ0v) is 17.4. The van der Waals surface area contributed by atoms with Crippen LogP contribution >= 0.6 is 11.6 Å². The largest absolute Gasteiger partial charge is 0.506 e. The zero-order chi connectivity index (χ0) is 21.1. The van der Waals surface area contributed by atoms with E-state index in [4.69, 9.17) is 16.1 Å². The third-order valence-corrected chi connectivity index (χ3v) is 5.46. The molecule has 30 heavy (non-hydrogen) atoms. The molecule has 2 N–H and O–H groups in total. The Bertz CT molecular complexity index is 1040. The molecule has 8 heteroatoms. The van der Waals surface area contributed by atoms with Gasteiger partial charge in [-0.15, -0.1) is 0 Å². The Morgan fingerprint density at radius 3 is 2.90 bits per heavy atom. The van der Waals surface area contributed by atoms with E-state index in [1.807, 2.05) is 31.2 Å². The molecular formula is C22H23ClN4O3. The number of nitrogens with one attached hydrogen (secondary N) is 1. The van der Waals surface area contributed by atoms with E-state index >= 15 is 0 Å². The first kappa shape index (κ1) is 20.4. The fourth-order valence-corrected chi connectivity index (χ4v) is 3.76. The van der Waals surface area contributed by atoms with Crippen LogP contribution in [0.25, 0.3) is 11.5 Å². The van der Waals surface area contributed by atoms with Crippen molar-refractivity contribution in [1.82, 2.24) is 15.0 Å². The average molecular weight is 427 g/mol. The van der Waals surface area contributed by atoms with Crippen molar-refractivity contribution in [2.45, 2.75) is 26.3 Å². The predicted molar refractivity (Wildman–Crippen MR) is 114 cm³/mol. The van der Waals surface area contributed by atoms with Crippen molar-refractivity contribution in [3.8, 4) is 17.2 Å². The standard InChI is InChI=1S/C22H23ClN4O3/c1-14-4-6-15(7-5-14)22-25-20(26-30-22)13-27-10-2-3-16(12-27)21(29)24-18-11-17(23)8-9-19(18)28/h4-9,11,16,28H,2-3,10,12-13H2,1H3,(H,24,29). The number of piperidine rings is 1. The van der Waals surface area contributed by atoms with E-state index < -0.39 is 0 Å². The van der Waals surface area contributed by atoms with Crippen LogP contribution in [0.3, 0.4) is 0 Å². The minimum Gasteiger partial charge on any atom is -0.506 e. The van der Waals surface area contributed by atoms with E-state index in [2.05, 4.69) is 20.4 Å². The minimum atomic E-state index is -0.194. The topological polar surface area (TPSA) is 91.5 Å². The van der Waals surface area contributed by atoms with Crippen LogP contribution in [-0.2, 0) is 11.3 Å². The van der Waals surface area contributed by atoms with E-state index in [0.717, 1.165) is 24.9 Å². The predicted octanol–water partition coefficient (Wildman–Crippen LogP) is 4.25. The van der Waals surface area contributed by atoms with Gasteiger partial charge in [0.2, 0.25) is 5.91 Å². The van der Waals surface area contributed by atoms with Crippen molar-refractivity contribution >= 4 is 23.2 Å². The summed E-state index contributed by atoms with van der Waals surface area (Å²) in [4.78, 5) is 19.3. The van der Waals surface area contributed by atoms with Crippen LogP contribution in [0, 0.1) is 12.8 Å². The molecule has 1 fully saturated rings. The number of nitrogens with zero attached hydrogens (tertiary/aromatic N) is 3. The molecule has 1 aliphatic heterocycles. The molecule has 2 heterocycles. The lowest BCUT2D eigenvalue weighted by Crippen LogP contribution is -2.40. The van der Waals surface area contributed by atoms with Crippen molar-refractivity contribution in [3.05, 3.63) is 58.9 Å². The molecule has 1 unspecified atom stereocenters. The average Bonchev–Trinajstić information content (AvgIpc) is 3.20. The number of aryl methyl sites for hydroxylation is 1. The number of hydrogen-bond donors (Lipinski definition) is 2. The Hall–Kier alpha value is -2.90. The summed E-state index contributed by atoms with van der Waals surface area (Å²) in [7, 11) is 0. The number of benzene rings is 2. The summed E-state index contributed by atoms with van der Waals surface area (Å²) in [6.07, 6.45) is 1.67.